The van der Waals surface area contributed by atoms with Crippen LogP contribution in [0.4, 0.5) is 5.69 Å². The highest BCUT2D eigenvalue weighted by atomic mass is 16.5. The number of anilines is 1. The molecule has 0 saturated heterocycles. The topological polar surface area (TPSA) is 65.1 Å². The summed E-state index contributed by atoms with van der Waals surface area (Å²) in [6.45, 7) is 10.7. The first-order valence-electron chi connectivity index (χ1n) is 11.3. The van der Waals surface area contributed by atoms with Crippen LogP contribution in [0.3, 0.4) is 0 Å². The maximum atomic E-state index is 13.5. The lowest BCUT2D eigenvalue weighted by Crippen LogP contribution is -2.24. The number of hydrogen-bond donors (Lipinski definition) is 0. The molecule has 0 bridgehead atoms. The van der Waals surface area contributed by atoms with Crippen LogP contribution in [0, 0.1) is 6.92 Å². The molecule has 2 aromatic rings. The minimum absolute atomic E-state index is 0.222. The standard InChI is InChI=1S/C27H31NO5/c1-6-15-33-23-14-11-20(17-24(23)31-7-2)16-22-25(27(30)32-8-3)19(5)28(26(22)29)21-12-9-18(4)10-13-21/h9-14,16-17H,6-8,15H2,1-5H3/b22-16+. The number of amides is 1. The second-order valence-electron chi connectivity index (χ2n) is 7.70. The third-order valence-electron chi connectivity index (χ3n) is 5.21. The van der Waals surface area contributed by atoms with Gasteiger partial charge in [0.05, 0.1) is 31.0 Å². The Balaban J connectivity index is 2.07. The predicted molar refractivity (Wildman–Crippen MR) is 129 cm³/mol. The van der Waals surface area contributed by atoms with Crippen molar-refractivity contribution in [1.29, 1.82) is 0 Å². The van der Waals surface area contributed by atoms with Crippen LogP contribution in [0.5, 0.6) is 11.5 Å². The molecule has 0 fully saturated rings. The number of rotatable bonds is 9. The summed E-state index contributed by atoms with van der Waals surface area (Å²) in [6.07, 6.45) is 2.59. The Morgan fingerprint density at radius 3 is 2.30 bits per heavy atom. The molecule has 0 spiro atoms. The van der Waals surface area contributed by atoms with Gasteiger partial charge in [0.1, 0.15) is 0 Å². The largest absolute Gasteiger partial charge is 0.490 e. The van der Waals surface area contributed by atoms with Crippen molar-refractivity contribution in [3.05, 3.63) is 70.4 Å². The van der Waals surface area contributed by atoms with Gasteiger partial charge in [0.15, 0.2) is 11.5 Å². The highest BCUT2D eigenvalue weighted by molar-refractivity contribution is 6.23. The molecule has 0 radical (unpaired) electrons. The first kappa shape index (κ1) is 24.1. The molecule has 0 N–H and O–H groups in total. The number of aryl methyl sites for hydroxylation is 1. The molecule has 2 aromatic carbocycles. The van der Waals surface area contributed by atoms with E-state index < -0.39 is 5.97 Å². The van der Waals surface area contributed by atoms with E-state index in [9.17, 15) is 9.59 Å². The van der Waals surface area contributed by atoms with E-state index in [1.807, 2.05) is 63.2 Å². The maximum Gasteiger partial charge on any atom is 0.340 e. The van der Waals surface area contributed by atoms with E-state index >= 15 is 0 Å². The molecule has 3 rings (SSSR count). The van der Waals surface area contributed by atoms with E-state index in [0.29, 0.717) is 36.1 Å². The zero-order valence-electron chi connectivity index (χ0n) is 19.9. The van der Waals surface area contributed by atoms with Gasteiger partial charge in [-0.25, -0.2) is 4.79 Å². The van der Waals surface area contributed by atoms with Crippen LogP contribution in [0.2, 0.25) is 0 Å². The summed E-state index contributed by atoms with van der Waals surface area (Å²) in [7, 11) is 0. The third-order valence-corrected chi connectivity index (χ3v) is 5.21. The van der Waals surface area contributed by atoms with Gasteiger partial charge in [-0.1, -0.05) is 30.7 Å². The monoisotopic (exact) mass is 449 g/mol. The highest BCUT2D eigenvalue weighted by Crippen LogP contribution is 2.37. The zero-order valence-corrected chi connectivity index (χ0v) is 19.9. The quantitative estimate of drug-likeness (QED) is 0.376. The van der Waals surface area contributed by atoms with E-state index in [2.05, 4.69) is 0 Å². The second-order valence-corrected chi connectivity index (χ2v) is 7.70. The molecule has 1 heterocycles. The predicted octanol–water partition coefficient (Wildman–Crippen LogP) is 5.45. The number of allylic oxidation sites excluding steroid dienone is 1. The minimum Gasteiger partial charge on any atom is -0.490 e. The van der Waals surface area contributed by atoms with E-state index in [4.69, 9.17) is 14.2 Å². The summed E-state index contributed by atoms with van der Waals surface area (Å²) in [5, 5.41) is 0. The number of nitrogens with zero attached hydrogens (tertiary/aromatic N) is 1. The number of hydrogen-bond acceptors (Lipinski definition) is 5. The van der Waals surface area contributed by atoms with Crippen LogP contribution in [0.25, 0.3) is 6.08 Å². The Morgan fingerprint density at radius 2 is 1.67 bits per heavy atom. The first-order chi connectivity index (χ1) is 15.9. The maximum absolute atomic E-state index is 13.5. The van der Waals surface area contributed by atoms with E-state index in [1.54, 1.807) is 24.8 Å². The molecule has 174 valence electrons. The lowest BCUT2D eigenvalue weighted by molar-refractivity contribution is -0.138. The van der Waals surface area contributed by atoms with Gasteiger partial charge in [0.2, 0.25) is 0 Å². The normalized spacial score (nSPS) is 14.8. The van der Waals surface area contributed by atoms with Crippen molar-refractivity contribution in [3.8, 4) is 11.5 Å². The van der Waals surface area contributed by atoms with Gasteiger partial charge in [-0.3, -0.25) is 9.69 Å². The first-order valence-corrected chi connectivity index (χ1v) is 11.3. The highest BCUT2D eigenvalue weighted by Gasteiger charge is 2.38. The Morgan fingerprint density at radius 1 is 0.939 bits per heavy atom. The molecule has 6 heteroatoms. The summed E-state index contributed by atoms with van der Waals surface area (Å²) < 4.78 is 16.8. The summed E-state index contributed by atoms with van der Waals surface area (Å²) >= 11 is 0. The molecular weight excluding hydrogens is 418 g/mol. The summed E-state index contributed by atoms with van der Waals surface area (Å²) in [5.41, 5.74) is 3.62. The number of benzene rings is 2. The van der Waals surface area contributed by atoms with Crippen molar-refractivity contribution in [3.63, 3.8) is 0 Å². The number of carbonyl (C=O) groups excluding carboxylic acids is 2. The van der Waals surface area contributed by atoms with Crippen LogP contribution in [-0.2, 0) is 14.3 Å². The van der Waals surface area contributed by atoms with Crippen LogP contribution in [0.15, 0.2) is 59.3 Å². The van der Waals surface area contributed by atoms with E-state index in [0.717, 1.165) is 17.5 Å². The van der Waals surface area contributed by atoms with Gasteiger partial charge in [0, 0.05) is 11.4 Å². The fourth-order valence-corrected chi connectivity index (χ4v) is 3.67. The zero-order chi connectivity index (χ0) is 24.0. The molecule has 0 saturated carbocycles. The smallest absolute Gasteiger partial charge is 0.340 e. The van der Waals surface area contributed by atoms with Crippen molar-refractivity contribution < 1.29 is 23.8 Å². The van der Waals surface area contributed by atoms with Crippen molar-refractivity contribution in [2.75, 3.05) is 24.7 Å². The number of carbonyl (C=O) groups is 2. The van der Waals surface area contributed by atoms with Crippen molar-refractivity contribution in [2.24, 2.45) is 0 Å². The fourth-order valence-electron chi connectivity index (χ4n) is 3.67. The van der Waals surface area contributed by atoms with Crippen LogP contribution < -0.4 is 14.4 Å². The van der Waals surface area contributed by atoms with Gasteiger partial charge >= 0.3 is 5.97 Å². The molecule has 0 aliphatic carbocycles. The average Bonchev–Trinajstić information content (AvgIpc) is 3.03. The second kappa shape index (κ2) is 10.9. The minimum atomic E-state index is -0.517. The van der Waals surface area contributed by atoms with Crippen LogP contribution >= 0.6 is 0 Å². The third kappa shape index (κ3) is 5.28. The summed E-state index contributed by atoms with van der Waals surface area (Å²) in [4.78, 5) is 27.9. The SMILES string of the molecule is CCCOc1ccc(/C=C2/C(=O)N(c3ccc(C)cc3)C(C)=C2C(=O)OCC)cc1OCC. The molecule has 1 aliphatic heterocycles. The van der Waals surface area contributed by atoms with Crippen LogP contribution in [-0.4, -0.2) is 31.7 Å². The number of ether oxygens (including phenoxy) is 3. The molecule has 1 aliphatic rings. The van der Waals surface area contributed by atoms with Gasteiger partial charge in [0.25, 0.3) is 5.91 Å². The van der Waals surface area contributed by atoms with E-state index in [-0.39, 0.29) is 23.7 Å². The van der Waals surface area contributed by atoms with Crippen LogP contribution in [0.1, 0.15) is 45.2 Å². The number of esters is 1. The van der Waals surface area contributed by atoms with Gasteiger partial charge in [-0.15, -0.1) is 0 Å². The molecule has 33 heavy (non-hydrogen) atoms. The molecule has 6 nitrogen and oxygen atoms in total. The molecule has 0 atom stereocenters. The molecular formula is C27H31NO5. The van der Waals surface area contributed by atoms with Gasteiger partial charge in [-0.2, -0.15) is 0 Å². The lowest BCUT2D eigenvalue weighted by Gasteiger charge is -2.18. The summed E-state index contributed by atoms with van der Waals surface area (Å²) in [5.74, 6) is 0.456. The van der Waals surface area contributed by atoms with E-state index in [1.165, 1.54) is 0 Å². The average molecular weight is 450 g/mol. The lowest BCUT2D eigenvalue weighted by atomic mass is 10.0. The molecule has 1 amide bonds. The molecule has 0 aromatic heterocycles. The Kier molecular flexibility index (Phi) is 7.93. The fraction of sp³-hybridized carbons (Fsp3) is 0.333. The molecule has 0 unspecified atom stereocenters. The Hall–Kier alpha value is -3.54. The van der Waals surface area contributed by atoms with Crippen molar-refractivity contribution in [2.45, 2.75) is 41.0 Å². The van der Waals surface area contributed by atoms with Gasteiger partial charge in [-0.05, 0) is 70.0 Å². The van der Waals surface area contributed by atoms with Crippen molar-refractivity contribution >= 4 is 23.6 Å². The summed E-state index contributed by atoms with van der Waals surface area (Å²) in [6, 6.07) is 13.1. The Labute approximate surface area is 195 Å². The Bertz CT molecular complexity index is 1080. The van der Waals surface area contributed by atoms with Crippen molar-refractivity contribution in [1.82, 2.24) is 0 Å². The van der Waals surface area contributed by atoms with Gasteiger partial charge < -0.3 is 14.2 Å².